The van der Waals surface area contributed by atoms with Crippen LogP contribution in [0.1, 0.15) is 21.5 Å². The van der Waals surface area contributed by atoms with Crippen LogP contribution in [0.3, 0.4) is 0 Å². The Morgan fingerprint density at radius 1 is 1.11 bits per heavy atom. The summed E-state index contributed by atoms with van der Waals surface area (Å²) in [6.45, 7) is 0. The molecular formula is C14H10Cl2O2. The van der Waals surface area contributed by atoms with Gasteiger partial charge in [0.05, 0.1) is 10.6 Å². The predicted octanol–water partition coefficient (Wildman–Crippen LogP) is 4.10. The van der Waals surface area contributed by atoms with Crippen molar-refractivity contribution in [3.8, 4) is 5.75 Å². The summed E-state index contributed by atoms with van der Waals surface area (Å²) in [6, 6.07) is 10.7. The minimum atomic E-state index is -0.186. The molecule has 4 heteroatoms. The van der Waals surface area contributed by atoms with E-state index in [1.165, 1.54) is 0 Å². The summed E-state index contributed by atoms with van der Waals surface area (Å²) in [5.41, 5.74) is 1.95. The Morgan fingerprint density at radius 3 is 2.50 bits per heavy atom. The molecule has 0 fully saturated rings. The molecule has 18 heavy (non-hydrogen) atoms. The van der Waals surface area contributed by atoms with E-state index in [1.807, 2.05) is 18.2 Å². The quantitative estimate of drug-likeness (QED) is 0.860. The lowest BCUT2D eigenvalue weighted by Gasteiger charge is -2.07. The second-order valence-electron chi connectivity index (χ2n) is 3.90. The van der Waals surface area contributed by atoms with Gasteiger partial charge in [0.15, 0.2) is 6.29 Å². The fourth-order valence-electron chi connectivity index (χ4n) is 1.73. The van der Waals surface area contributed by atoms with Crippen molar-refractivity contribution in [2.75, 3.05) is 0 Å². The number of hydrogen-bond acceptors (Lipinski definition) is 2. The third-order valence-corrected chi connectivity index (χ3v) is 3.29. The molecule has 2 aromatic rings. The van der Waals surface area contributed by atoms with E-state index in [4.69, 9.17) is 23.2 Å². The lowest BCUT2D eigenvalue weighted by atomic mass is 10.0. The lowest BCUT2D eigenvalue weighted by molar-refractivity contribution is 0.112. The Labute approximate surface area is 115 Å². The van der Waals surface area contributed by atoms with Crippen LogP contribution < -0.4 is 0 Å². The van der Waals surface area contributed by atoms with E-state index in [0.717, 1.165) is 11.1 Å². The second kappa shape index (κ2) is 5.42. The smallest absolute Gasteiger partial charge is 0.153 e. The molecule has 0 aliphatic carbocycles. The average molecular weight is 281 g/mol. The molecule has 1 N–H and O–H groups in total. The number of phenols is 1. The van der Waals surface area contributed by atoms with E-state index < -0.39 is 0 Å². The molecule has 2 aromatic carbocycles. The summed E-state index contributed by atoms with van der Waals surface area (Å²) in [4.78, 5) is 10.8. The van der Waals surface area contributed by atoms with E-state index in [0.29, 0.717) is 17.7 Å². The minimum Gasteiger partial charge on any atom is -0.506 e. The Kier molecular flexibility index (Phi) is 3.90. The van der Waals surface area contributed by atoms with Gasteiger partial charge in [-0.05, 0) is 35.7 Å². The third-order valence-electron chi connectivity index (χ3n) is 2.63. The molecule has 0 aliphatic rings. The van der Waals surface area contributed by atoms with Crippen molar-refractivity contribution in [3.63, 3.8) is 0 Å². The number of benzene rings is 2. The molecule has 0 atom stereocenters. The molecule has 0 aliphatic heterocycles. The van der Waals surface area contributed by atoms with Gasteiger partial charge in [-0.15, -0.1) is 0 Å². The van der Waals surface area contributed by atoms with Gasteiger partial charge in [-0.1, -0.05) is 41.4 Å². The van der Waals surface area contributed by atoms with Gasteiger partial charge in [-0.3, -0.25) is 4.79 Å². The molecule has 0 saturated carbocycles. The summed E-state index contributed by atoms with van der Waals surface area (Å²) in [7, 11) is 0. The molecule has 0 bridgehead atoms. The van der Waals surface area contributed by atoms with Crippen molar-refractivity contribution in [1.82, 2.24) is 0 Å². The van der Waals surface area contributed by atoms with Crippen LogP contribution in [0.15, 0.2) is 36.4 Å². The van der Waals surface area contributed by atoms with E-state index in [-0.39, 0.29) is 16.3 Å². The SMILES string of the molecule is O=Cc1cc(Cc2ccccc2Cl)cc(Cl)c1O. The molecule has 0 amide bonds. The molecule has 0 heterocycles. The number of carbonyl (C=O) groups excluding carboxylic acids is 1. The monoisotopic (exact) mass is 280 g/mol. The largest absolute Gasteiger partial charge is 0.506 e. The van der Waals surface area contributed by atoms with Crippen molar-refractivity contribution < 1.29 is 9.90 Å². The first-order valence-corrected chi connectivity index (χ1v) is 6.07. The first-order valence-electron chi connectivity index (χ1n) is 5.32. The normalized spacial score (nSPS) is 10.3. The zero-order valence-electron chi connectivity index (χ0n) is 9.36. The predicted molar refractivity (Wildman–Crippen MR) is 72.8 cm³/mol. The molecule has 0 saturated heterocycles. The Morgan fingerprint density at radius 2 is 1.83 bits per heavy atom. The van der Waals surface area contributed by atoms with Crippen LogP contribution in [0.5, 0.6) is 5.75 Å². The minimum absolute atomic E-state index is 0.168. The second-order valence-corrected chi connectivity index (χ2v) is 4.72. The van der Waals surface area contributed by atoms with Crippen LogP contribution >= 0.6 is 23.2 Å². The zero-order valence-corrected chi connectivity index (χ0v) is 10.9. The van der Waals surface area contributed by atoms with Crippen molar-refractivity contribution in [2.45, 2.75) is 6.42 Å². The highest BCUT2D eigenvalue weighted by Crippen LogP contribution is 2.29. The number of carbonyl (C=O) groups is 1. The molecule has 0 spiro atoms. The maximum Gasteiger partial charge on any atom is 0.153 e. The highest BCUT2D eigenvalue weighted by Gasteiger charge is 2.09. The van der Waals surface area contributed by atoms with Crippen molar-refractivity contribution >= 4 is 29.5 Å². The lowest BCUT2D eigenvalue weighted by Crippen LogP contribution is -1.92. The molecule has 2 rings (SSSR count). The van der Waals surface area contributed by atoms with Crippen molar-refractivity contribution in [3.05, 3.63) is 63.1 Å². The zero-order chi connectivity index (χ0) is 13.1. The first kappa shape index (κ1) is 12.9. The standard InChI is InChI=1S/C14H10Cl2O2/c15-12-4-2-1-3-10(12)5-9-6-11(8-17)14(18)13(16)7-9/h1-4,6-8,18H,5H2. The molecular weight excluding hydrogens is 271 g/mol. The number of hydrogen-bond donors (Lipinski definition) is 1. The van der Waals surface area contributed by atoms with Crippen LogP contribution in [-0.2, 0) is 6.42 Å². The van der Waals surface area contributed by atoms with Gasteiger partial charge < -0.3 is 5.11 Å². The van der Waals surface area contributed by atoms with Gasteiger partial charge in [-0.25, -0.2) is 0 Å². The van der Waals surface area contributed by atoms with Crippen LogP contribution in [0.25, 0.3) is 0 Å². The highest BCUT2D eigenvalue weighted by molar-refractivity contribution is 6.32. The summed E-state index contributed by atoms with van der Waals surface area (Å²) in [5.74, 6) is -0.186. The van der Waals surface area contributed by atoms with Gasteiger partial charge in [0.25, 0.3) is 0 Å². The van der Waals surface area contributed by atoms with Crippen LogP contribution in [0, 0.1) is 0 Å². The number of aromatic hydroxyl groups is 1. The average Bonchev–Trinajstić information content (AvgIpc) is 2.36. The van der Waals surface area contributed by atoms with Crippen LogP contribution in [-0.4, -0.2) is 11.4 Å². The van der Waals surface area contributed by atoms with E-state index in [1.54, 1.807) is 18.2 Å². The Balaban J connectivity index is 2.38. The molecule has 2 nitrogen and oxygen atoms in total. The van der Waals surface area contributed by atoms with Gasteiger partial charge in [0.1, 0.15) is 5.75 Å². The maximum atomic E-state index is 10.8. The van der Waals surface area contributed by atoms with Gasteiger partial charge in [0, 0.05) is 5.02 Å². The summed E-state index contributed by atoms with van der Waals surface area (Å²) < 4.78 is 0. The summed E-state index contributed by atoms with van der Waals surface area (Å²) >= 11 is 11.9. The van der Waals surface area contributed by atoms with Crippen LogP contribution in [0.4, 0.5) is 0 Å². The maximum absolute atomic E-state index is 10.8. The molecule has 92 valence electrons. The van der Waals surface area contributed by atoms with Gasteiger partial charge in [-0.2, -0.15) is 0 Å². The van der Waals surface area contributed by atoms with E-state index >= 15 is 0 Å². The molecule has 0 radical (unpaired) electrons. The summed E-state index contributed by atoms with van der Waals surface area (Å²) in [6.07, 6.45) is 1.14. The number of phenolic OH excluding ortho intramolecular Hbond substituents is 1. The fraction of sp³-hybridized carbons (Fsp3) is 0.0714. The van der Waals surface area contributed by atoms with Crippen molar-refractivity contribution in [2.24, 2.45) is 0 Å². The number of aldehydes is 1. The van der Waals surface area contributed by atoms with Gasteiger partial charge in [0.2, 0.25) is 0 Å². The number of rotatable bonds is 3. The highest BCUT2D eigenvalue weighted by atomic mass is 35.5. The van der Waals surface area contributed by atoms with Crippen molar-refractivity contribution in [1.29, 1.82) is 0 Å². The summed E-state index contributed by atoms with van der Waals surface area (Å²) in [5, 5.41) is 10.4. The third kappa shape index (κ3) is 2.66. The van der Waals surface area contributed by atoms with E-state index in [2.05, 4.69) is 0 Å². The molecule has 0 aromatic heterocycles. The Bertz CT molecular complexity index is 594. The Hall–Kier alpha value is -1.51. The molecule has 0 unspecified atom stereocenters. The van der Waals surface area contributed by atoms with Gasteiger partial charge >= 0.3 is 0 Å². The fourth-order valence-corrected chi connectivity index (χ4v) is 2.18. The number of halogens is 2. The van der Waals surface area contributed by atoms with Crippen LogP contribution in [0.2, 0.25) is 10.0 Å². The van der Waals surface area contributed by atoms with E-state index in [9.17, 15) is 9.90 Å². The topological polar surface area (TPSA) is 37.3 Å². The first-order chi connectivity index (χ1) is 8.61.